The molecule has 0 fully saturated rings. The summed E-state index contributed by atoms with van der Waals surface area (Å²) in [5.41, 5.74) is 7.25. The van der Waals surface area contributed by atoms with Crippen molar-refractivity contribution in [2.45, 2.75) is 32.4 Å². The highest BCUT2D eigenvalue weighted by molar-refractivity contribution is 9.10. The standard InChI is InChI=1S/C12H16BrNO/c1-7(2)12-6-10(14)9-5-8(13)3-4-11(9)15-12/h3-5,7,10,12H,6,14H2,1-2H3/t10-,12?/m1/s1. The maximum absolute atomic E-state index is 6.14. The Bertz CT molecular complexity index is 365. The van der Waals surface area contributed by atoms with Crippen LogP contribution in [0.5, 0.6) is 5.75 Å². The molecule has 2 rings (SSSR count). The topological polar surface area (TPSA) is 35.2 Å². The summed E-state index contributed by atoms with van der Waals surface area (Å²) in [5.74, 6) is 1.45. The zero-order valence-electron chi connectivity index (χ0n) is 9.03. The van der Waals surface area contributed by atoms with Crippen LogP contribution >= 0.6 is 15.9 Å². The van der Waals surface area contributed by atoms with E-state index in [2.05, 4.69) is 35.8 Å². The minimum absolute atomic E-state index is 0.0960. The van der Waals surface area contributed by atoms with Crippen molar-refractivity contribution in [2.75, 3.05) is 0 Å². The summed E-state index contributed by atoms with van der Waals surface area (Å²) < 4.78 is 6.98. The third kappa shape index (κ3) is 2.18. The van der Waals surface area contributed by atoms with E-state index in [4.69, 9.17) is 10.5 Å². The molecule has 3 heteroatoms. The van der Waals surface area contributed by atoms with Crippen molar-refractivity contribution in [2.24, 2.45) is 11.7 Å². The van der Waals surface area contributed by atoms with E-state index in [1.807, 2.05) is 12.1 Å². The molecule has 2 N–H and O–H groups in total. The Labute approximate surface area is 98.9 Å². The van der Waals surface area contributed by atoms with Crippen molar-refractivity contribution in [3.63, 3.8) is 0 Å². The van der Waals surface area contributed by atoms with Crippen molar-refractivity contribution in [1.29, 1.82) is 0 Å². The molecule has 1 unspecified atom stereocenters. The minimum atomic E-state index is 0.0960. The van der Waals surface area contributed by atoms with Crippen LogP contribution in [0, 0.1) is 5.92 Å². The lowest BCUT2D eigenvalue weighted by atomic mass is 9.92. The summed E-state index contributed by atoms with van der Waals surface area (Å²) in [6, 6.07) is 6.14. The maximum atomic E-state index is 6.14. The molecule has 0 radical (unpaired) electrons. The lowest BCUT2D eigenvalue weighted by Gasteiger charge is -2.32. The number of hydrogen-bond donors (Lipinski definition) is 1. The minimum Gasteiger partial charge on any atom is -0.490 e. The van der Waals surface area contributed by atoms with Crippen molar-refractivity contribution in [3.8, 4) is 5.75 Å². The third-order valence-electron chi connectivity index (χ3n) is 2.88. The Kier molecular flexibility index (Phi) is 3.03. The van der Waals surface area contributed by atoms with E-state index in [0.29, 0.717) is 5.92 Å². The normalized spacial score (nSPS) is 24.9. The summed E-state index contributed by atoms with van der Waals surface area (Å²) in [5, 5.41) is 0. The van der Waals surface area contributed by atoms with E-state index in [1.165, 1.54) is 0 Å². The Morgan fingerprint density at radius 1 is 1.47 bits per heavy atom. The van der Waals surface area contributed by atoms with E-state index in [0.717, 1.165) is 22.2 Å². The lowest BCUT2D eigenvalue weighted by molar-refractivity contribution is 0.115. The van der Waals surface area contributed by atoms with Gasteiger partial charge >= 0.3 is 0 Å². The molecule has 15 heavy (non-hydrogen) atoms. The molecule has 1 heterocycles. The molecule has 2 atom stereocenters. The average Bonchev–Trinajstić information content (AvgIpc) is 2.18. The number of fused-ring (bicyclic) bond motifs is 1. The van der Waals surface area contributed by atoms with E-state index in [-0.39, 0.29) is 12.1 Å². The van der Waals surface area contributed by atoms with Crippen LogP contribution in [0.4, 0.5) is 0 Å². The summed E-state index contributed by atoms with van der Waals surface area (Å²) >= 11 is 3.45. The zero-order chi connectivity index (χ0) is 11.0. The Hall–Kier alpha value is -0.540. The van der Waals surface area contributed by atoms with Crippen molar-refractivity contribution in [3.05, 3.63) is 28.2 Å². The number of halogens is 1. The molecule has 1 aliphatic rings. The first kappa shape index (κ1) is 11.0. The first-order chi connectivity index (χ1) is 7.08. The van der Waals surface area contributed by atoms with Crippen molar-refractivity contribution < 1.29 is 4.74 Å². The number of benzene rings is 1. The van der Waals surface area contributed by atoms with Gasteiger partial charge in [-0.25, -0.2) is 0 Å². The molecule has 1 aliphatic heterocycles. The summed E-state index contributed by atoms with van der Waals surface area (Å²) in [6.07, 6.45) is 1.15. The Morgan fingerprint density at radius 3 is 2.87 bits per heavy atom. The van der Waals surface area contributed by atoms with Crippen LogP contribution in [-0.2, 0) is 0 Å². The fraction of sp³-hybridized carbons (Fsp3) is 0.500. The molecular formula is C12H16BrNO. The van der Waals surface area contributed by atoms with E-state index in [9.17, 15) is 0 Å². The van der Waals surface area contributed by atoms with Crippen molar-refractivity contribution >= 4 is 15.9 Å². The van der Waals surface area contributed by atoms with Gasteiger partial charge in [0.2, 0.25) is 0 Å². The number of nitrogens with two attached hydrogens (primary N) is 1. The van der Waals surface area contributed by atoms with Crippen LogP contribution in [0.3, 0.4) is 0 Å². The summed E-state index contributed by atoms with van der Waals surface area (Å²) in [4.78, 5) is 0. The van der Waals surface area contributed by atoms with Crippen LogP contribution < -0.4 is 10.5 Å². The van der Waals surface area contributed by atoms with Crippen molar-refractivity contribution in [1.82, 2.24) is 0 Å². The second kappa shape index (κ2) is 4.14. The van der Waals surface area contributed by atoms with Gasteiger partial charge in [-0.15, -0.1) is 0 Å². The molecule has 82 valence electrons. The SMILES string of the molecule is CC(C)C1C[C@@H](N)c2cc(Br)ccc2O1. The fourth-order valence-corrected chi connectivity index (χ4v) is 2.29. The van der Waals surface area contributed by atoms with Crippen LogP contribution in [-0.4, -0.2) is 6.10 Å². The van der Waals surface area contributed by atoms with Crippen LogP contribution in [0.25, 0.3) is 0 Å². The number of hydrogen-bond acceptors (Lipinski definition) is 2. The molecule has 0 bridgehead atoms. The van der Waals surface area contributed by atoms with Gasteiger partial charge < -0.3 is 10.5 Å². The Balaban J connectivity index is 2.32. The average molecular weight is 270 g/mol. The predicted octanol–water partition coefficient (Wildman–Crippen LogP) is 3.26. The smallest absolute Gasteiger partial charge is 0.124 e. The van der Waals surface area contributed by atoms with Gasteiger partial charge in [-0.3, -0.25) is 0 Å². The van der Waals surface area contributed by atoms with Gasteiger partial charge in [0.15, 0.2) is 0 Å². The Morgan fingerprint density at radius 2 is 2.20 bits per heavy atom. The van der Waals surface area contributed by atoms with E-state index in [1.54, 1.807) is 0 Å². The molecule has 1 aromatic rings. The fourth-order valence-electron chi connectivity index (χ4n) is 1.91. The largest absolute Gasteiger partial charge is 0.490 e. The number of ether oxygens (including phenoxy) is 1. The second-order valence-corrected chi connectivity index (χ2v) is 5.34. The van der Waals surface area contributed by atoms with Gasteiger partial charge in [-0.1, -0.05) is 29.8 Å². The van der Waals surface area contributed by atoms with E-state index < -0.39 is 0 Å². The van der Waals surface area contributed by atoms with Gasteiger partial charge in [0.25, 0.3) is 0 Å². The molecule has 1 aromatic carbocycles. The van der Waals surface area contributed by atoms with Gasteiger partial charge in [0, 0.05) is 22.5 Å². The van der Waals surface area contributed by atoms with Crippen LogP contribution in [0.1, 0.15) is 31.9 Å². The highest BCUT2D eigenvalue weighted by atomic mass is 79.9. The molecule has 0 saturated carbocycles. The van der Waals surface area contributed by atoms with E-state index >= 15 is 0 Å². The van der Waals surface area contributed by atoms with Crippen LogP contribution in [0.2, 0.25) is 0 Å². The monoisotopic (exact) mass is 269 g/mol. The molecule has 0 spiro atoms. The molecule has 0 aliphatic carbocycles. The summed E-state index contributed by atoms with van der Waals surface area (Å²) in [6.45, 7) is 4.34. The predicted molar refractivity (Wildman–Crippen MR) is 64.9 cm³/mol. The first-order valence-electron chi connectivity index (χ1n) is 5.29. The second-order valence-electron chi connectivity index (χ2n) is 4.42. The van der Waals surface area contributed by atoms with Gasteiger partial charge in [0.05, 0.1) is 0 Å². The first-order valence-corrected chi connectivity index (χ1v) is 6.09. The summed E-state index contributed by atoms with van der Waals surface area (Å²) in [7, 11) is 0. The quantitative estimate of drug-likeness (QED) is 0.850. The van der Waals surface area contributed by atoms with Gasteiger partial charge in [0.1, 0.15) is 11.9 Å². The molecular weight excluding hydrogens is 254 g/mol. The molecule has 0 saturated heterocycles. The molecule has 0 aromatic heterocycles. The van der Waals surface area contributed by atoms with Gasteiger partial charge in [-0.2, -0.15) is 0 Å². The zero-order valence-corrected chi connectivity index (χ0v) is 10.6. The molecule has 0 amide bonds. The highest BCUT2D eigenvalue weighted by Crippen LogP contribution is 2.36. The van der Waals surface area contributed by atoms with Crippen LogP contribution in [0.15, 0.2) is 22.7 Å². The highest BCUT2D eigenvalue weighted by Gasteiger charge is 2.27. The lowest BCUT2D eigenvalue weighted by Crippen LogP contribution is -2.33. The third-order valence-corrected chi connectivity index (χ3v) is 3.37. The van der Waals surface area contributed by atoms with Gasteiger partial charge in [-0.05, 0) is 24.1 Å². The number of rotatable bonds is 1. The maximum Gasteiger partial charge on any atom is 0.124 e. The molecule has 2 nitrogen and oxygen atoms in total.